The molecule has 0 bridgehead atoms. The fraction of sp³-hybridized carbons (Fsp3) is 0.750. The van der Waals surface area contributed by atoms with Gasteiger partial charge < -0.3 is 20.4 Å². The predicted octanol–water partition coefficient (Wildman–Crippen LogP) is -1.52. The van der Waals surface area contributed by atoms with Crippen molar-refractivity contribution in [1.82, 2.24) is 0 Å². The van der Waals surface area contributed by atoms with Crippen molar-refractivity contribution in [1.29, 1.82) is 0 Å². The van der Waals surface area contributed by atoms with Gasteiger partial charge in [-0.15, -0.1) is 11.8 Å². The van der Waals surface area contributed by atoms with Gasteiger partial charge in [-0.1, -0.05) is 0 Å². The summed E-state index contributed by atoms with van der Waals surface area (Å²) in [4.78, 5) is 0. The molecule has 0 spiro atoms. The zero-order chi connectivity index (χ0) is 9.40. The lowest BCUT2D eigenvalue weighted by Crippen LogP contribution is -2.11. The van der Waals surface area contributed by atoms with Crippen LogP contribution in [0, 0.1) is 11.8 Å². The summed E-state index contributed by atoms with van der Waals surface area (Å²) in [6.45, 7) is -0.617. The van der Waals surface area contributed by atoms with Crippen LogP contribution in [0.25, 0.3) is 0 Å². The van der Waals surface area contributed by atoms with Crippen LogP contribution >= 0.6 is 0 Å². The molecule has 0 aromatic rings. The highest BCUT2D eigenvalue weighted by atomic mass is 16.3. The first-order valence-corrected chi connectivity index (χ1v) is 3.74. The van der Waals surface area contributed by atoms with E-state index in [1.807, 2.05) is 0 Å². The normalized spacial score (nSPS) is 14.7. The SMILES string of the molecule is OC[C@@H](O)CC#CC[C@H](O)CO. The molecule has 0 saturated carbocycles. The van der Waals surface area contributed by atoms with Gasteiger partial charge in [-0.3, -0.25) is 0 Å². The van der Waals surface area contributed by atoms with Crippen LogP contribution in [0.5, 0.6) is 0 Å². The van der Waals surface area contributed by atoms with Crippen molar-refractivity contribution in [3.8, 4) is 11.8 Å². The van der Waals surface area contributed by atoms with Gasteiger partial charge in [0.25, 0.3) is 0 Å². The second kappa shape index (κ2) is 7.07. The Kier molecular flexibility index (Phi) is 6.72. The quantitative estimate of drug-likeness (QED) is 0.390. The maximum atomic E-state index is 8.82. The summed E-state index contributed by atoms with van der Waals surface area (Å²) in [6.07, 6.45) is -1.25. The van der Waals surface area contributed by atoms with E-state index in [1.165, 1.54) is 0 Å². The fourth-order valence-corrected chi connectivity index (χ4v) is 0.509. The molecule has 0 radical (unpaired) electrons. The van der Waals surface area contributed by atoms with Crippen LogP contribution < -0.4 is 0 Å². The van der Waals surface area contributed by atoms with Crippen LogP contribution in [0.4, 0.5) is 0 Å². The number of aliphatic hydroxyl groups is 4. The molecule has 0 aromatic heterocycles. The van der Waals surface area contributed by atoms with E-state index >= 15 is 0 Å². The molecule has 2 atom stereocenters. The lowest BCUT2D eigenvalue weighted by Gasteiger charge is -2.00. The summed E-state index contributed by atoms with van der Waals surface area (Å²) in [7, 11) is 0. The maximum Gasteiger partial charge on any atom is 0.0879 e. The first-order valence-electron chi connectivity index (χ1n) is 3.74. The van der Waals surface area contributed by atoms with Gasteiger partial charge in [0.1, 0.15) is 0 Å². The Bertz CT molecular complexity index is 142. The maximum absolute atomic E-state index is 8.82. The van der Waals surface area contributed by atoms with E-state index in [1.54, 1.807) is 0 Å². The van der Waals surface area contributed by atoms with E-state index in [0.717, 1.165) is 0 Å². The van der Waals surface area contributed by atoms with Crippen LogP contribution in [0.2, 0.25) is 0 Å². The second-order valence-corrected chi connectivity index (χ2v) is 2.43. The summed E-state index contributed by atoms with van der Waals surface area (Å²) < 4.78 is 0. The molecule has 0 aromatic carbocycles. The highest BCUT2D eigenvalue weighted by molar-refractivity contribution is 5.01. The zero-order valence-corrected chi connectivity index (χ0v) is 6.77. The van der Waals surface area contributed by atoms with Gasteiger partial charge in [-0.05, 0) is 0 Å². The molecule has 4 nitrogen and oxygen atoms in total. The molecule has 0 aliphatic heterocycles. The lowest BCUT2D eigenvalue weighted by atomic mass is 10.2. The van der Waals surface area contributed by atoms with Crippen molar-refractivity contribution in [2.75, 3.05) is 13.2 Å². The number of hydrogen-bond donors (Lipinski definition) is 4. The summed E-state index contributed by atoms with van der Waals surface area (Å²) in [6, 6.07) is 0. The summed E-state index contributed by atoms with van der Waals surface area (Å²) in [5.74, 6) is 5.14. The minimum absolute atomic E-state index is 0.189. The molecule has 4 heteroatoms. The molecule has 0 saturated heterocycles. The molecule has 0 heterocycles. The summed E-state index contributed by atoms with van der Waals surface area (Å²) in [5, 5.41) is 34.4. The Morgan fingerprint density at radius 2 is 1.17 bits per heavy atom. The molecule has 0 amide bonds. The van der Waals surface area contributed by atoms with Crippen LogP contribution in [0.3, 0.4) is 0 Å². The number of rotatable bonds is 4. The standard InChI is InChI=1S/C8H14O4/c9-5-7(11)3-1-2-4-8(12)6-10/h7-12H,3-6H2/t7-,8-/m0/s1. The predicted molar refractivity (Wildman–Crippen MR) is 43.2 cm³/mol. The van der Waals surface area contributed by atoms with Crippen molar-refractivity contribution in [2.24, 2.45) is 0 Å². The molecule has 0 aliphatic rings. The van der Waals surface area contributed by atoms with Crippen LogP contribution in [0.1, 0.15) is 12.8 Å². The van der Waals surface area contributed by atoms with Gasteiger partial charge in [0.2, 0.25) is 0 Å². The number of aliphatic hydroxyl groups excluding tert-OH is 4. The van der Waals surface area contributed by atoms with E-state index in [2.05, 4.69) is 11.8 Å². The first kappa shape index (κ1) is 11.4. The minimum Gasteiger partial charge on any atom is -0.394 e. The van der Waals surface area contributed by atoms with Crippen molar-refractivity contribution in [2.45, 2.75) is 25.0 Å². The van der Waals surface area contributed by atoms with E-state index in [0.29, 0.717) is 0 Å². The Morgan fingerprint density at radius 1 is 0.833 bits per heavy atom. The molecule has 0 fully saturated rings. The zero-order valence-electron chi connectivity index (χ0n) is 6.77. The average Bonchev–Trinajstić information content (AvgIpc) is 2.11. The van der Waals surface area contributed by atoms with Crippen molar-refractivity contribution < 1.29 is 20.4 Å². The van der Waals surface area contributed by atoms with Gasteiger partial charge in [0.05, 0.1) is 25.4 Å². The molecule has 0 rings (SSSR count). The Morgan fingerprint density at radius 3 is 1.42 bits per heavy atom. The topological polar surface area (TPSA) is 80.9 Å². The van der Waals surface area contributed by atoms with Crippen molar-refractivity contribution >= 4 is 0 Å². The Hall–Kier alpha value is -0.600. The van der Waals surface area contributed by atoms with E-state index < -0.39 is 12.2 Å². The Labute approximate surface area is 71.5 Å². The molecule has 0 aliphatic carbocycles. The first-order chi connectivity index (χ1) is 5.70. The second-order valence-electron chi connectivity index (χ2n) is 2.43. The fourth-order valence-electron chi connectivity index (χ4n) is 0.509. The van der Waals surface area contributed by atoms with E-state index in [-0.39, 0.29) is 26.1 Å². The molecule has 70 valence electrons. The molecular formula is C8H14O4. The highest BCUT2D eigenvalue weighted by Gasteiger charge is 1.98. The molecule has 12 heavy (non-hydrogen) atoms. The molecule has 0 unspecified atom stereocenters. The summed E-state index contributed by atoms with van der Waals surface area (Å²) >= 11 is 0. The summed E-state index contributed by atoms with van der Waals surface area (Å²) in [5.41, 5.74) is 0. The molecular weight excluding hydrogens is 160 g/mol. The monoisotopic (exact) mass is 174 g/mol. The van der Waals surface area contributed by atoms with E-state index in [9.17, 15) is 0 Å². The van der Waals surface area contributed by atoms with Gasteiger partial charge >= 0.3 is 0 Å². The van der Waals surface area contributed by atoms with Gasteiger partial charge in [0, 0.05) is 12.8 Å². The van der Waals surface area contributed by atoms with Crippen molar-refractivity contribution in [3.63, 3.8) is 0 Å². The highest BCUT2D eigenvalue weighted by Crippen LogP contribution is 1.90. The molecule has 4 N–H and O–H groups in total. The van der Waals surface area contributed by atoms with E-state index in [4.69, 9.17) is 20.4 Å². The smallest absolute Gasteiger partial charge is 0.0879 e. The minimum atomic E-state index is -0.816. The van der Waals surface area contributed by atoms with Crippen LogP contribution in [-0.4, -0.2) is 45.8 Å². The lowest BCUT2D eigenvalue weighted by molar-refractivity contribution is 0.0974. The van der Waals surface area contributed by atoms with Crippen molar-refractivity contribution in [3.05, 3.63) is 0 Å². The van der Waals surface area contributed by atoms with Crippen LogP contribution in [-0.2, 0) is 0 Å². The van der Waals surface area contributed by atoms with Gasteiger partial charge in [0.15, 0.2) is 0 Å². The third kappa shape index (κ3) is 6.13. The largest absolute Gasteiger partial charge is 0.394 e. The Balaban J connectivity index is 3.46. The number of hydrogen-bond acceptors (Lipinski definition) is 4. The third-order valence-corrected chi connectivity index (χ3v) is 1.22. The van der Waals surface area contributed by atoms with Gasteiger partial charge in [-0.2, -0.15) is 0 Å². The van der Waals surface area contributed by atoms with Crippen LogP contribution in [0.15, 0.2) is 0 Å². The average molecular weight is 174 g/mol. The van der Waals surface area contributed by atoms with Gasteiger partial charge in [-0.25, -0.2) is 0 Å². The third-order valence-electron chi connectivity index (χ3n) is 1.22.